The van der Waals surface area contributed by atoms with Crippen LogP contribution in [0.25, 0.3) is 16.6 Å². The predicted molar refractivity (Wildman–Crippen MR) is 112 cm³/mol. The van der Waals surface area contributed by atoms with Crippen LogP contribution in [0.15, 0.2) is 77.4 Å². The second-order valence-electron chi connectivity index (χ2n) is 7.22. The van der Waals surface area contributed by atoms with E-state index in [1.165, 1.54) is 6.26 Å². The number of amides is 1. The standard InChI is InChI=1S/C23H19N5O2/c1-16-7-5-10-18-13-19(22-24-25-26-28(22)21(16)18)15-27(14-17-8-3-2-4-9-17)23(29)20-11-6-12-30-20/h2-13H,14-15H2,1H3. The number of rotatable bonds is 5. The average Bonchev–Trinajstić information content (AvgIpc) is 3.46. The SMILES string of the molecule is Cc1cccc2cc(CN(Cc3ccccc3)C(=O)c3ccco3)c3nnnn3c12. The molecule has 0 aliphatic carbocycles. The maximum atomic E-state index is 13.2. The molecule has 0 N–H and O–H groups in total. The molecule has 0 aliphatic rings. The van der Waals surface area contributed by atoms with Gasteiger partial charge in [-0.15, -0.1) is 5.10 Å². The van der Waals surface area contributed by atoms with Gasteiger partial charge in [-0.1, -0.05) is 48.5 Å². The molecular formula is C23H19N5O2. The summed E-state index contributed by atoms with van der Waals surface area (Å²) in [5, 5.41) is 13.3. The fourth-order valence-electron chi connectivity index (χ4n) is 3.76. The molecule has 30 heavy (non-hydrogen) atoms. The van der Waals surface area contributed by atoms with E-state index in [9.17, 15) is 4.79 Å². The van der Waals surface area contributed by atoms with E-state index in [0.717, 1.165) is 27.6 Å². The van der Waals surface area contributed by atoms with Crippen molar-refractivity contribution >= 4 is 22.5 Å². The lowest BCUT2D eigenvalue weighted by atomic mass is 10.1. The summed E-state index contributed by atoms with van der Waals surface area (Å²) in [5.74, 6) is 0.122. The van der Waals surface area contributed by atoms with Crippen molar-refractivity contribution in [2.45, 2.75) is 20.0 Å². The van der Waals surface area contributed by atoms with Crippen molar-refractivity contribution in [2.75, 3.05) is 0 Å². The van der Waals surface area contributed by atoms with Crippen LogP contribution in [-0.2, 0) is 13.1 Å². The van der Waals surface area contributed by atoms with Crippen LogP contribution in [0.3, 0.4) is 0 Å². The number of furan rings is 1. The molecule has 3 aromatic heterocycles. The molecule has 3 heterocycles. The van der Waals surface area contributed by atoms with Gasteiger partial charge in [0.05, 0.1) is 18.3 Å². The number of carbonyl (C=O) groups excluding carboxylic acids is 1. The highest BCUT2D eigenvalue weighted by molar-refractivity contribution is 5.92. The van der Waals surface area contributed by atoms with E-state index in [4.69, 9.17) is 4.42 Å². The summed E-state index contributed by atoms with van der Waals surface area (Å²) < 4.78 is 7.12. The topological polar surface area (TPSA) is 76.5 Å². The van der Waals surface area contributed by atoms with Crippen molar-refractivity contribution in [3.8, 4) is 0 Å². The third-order valence-electron chi connectivity index (χ3n) is 5.16. The summed E-state index contributed by atoms with van der Waals surface area (Å²) in [6.45, 7) is 2.83. The highest BCUT2D eigenvalue weighted by Crippen LogP contribution is 2.24. The highest BCUT2D eigenvalue weighted by atomic mass is 16.3. The molecular weight excluding hydrogens is 378 g/mol. The van der Waals surface area contributed by atoms with E-state index in [1.54, 1.807) is 21.5 Å². The van der Waals surface area contributed by atoms with E-state index in [1.807, 2.05) is 55.5 Å². The average molecular weight is 397 g/mol. The molecule has 0 unspecified atom stereocenters. The number of hydrogen-bond donors (Lipinski definition) is 0. The number of nitrogens with zero attached hydrogens (tertiary/aromatic N) is 5. The van der Waals surface area contributed by atoms with Gasteiger partial charge in [-0.05, 0) is 46.7 Å². The minimum atomic E-state index is -0.182. The van der Waals surface area contributed by atoms with E-state index in [0.29, 0.717) is 24.5 Å². The normalized spacial score (nSPS) is 11.2. The Morgan fingerprint density at radius 1 is 1.03 bits per heavy atom. The smallest absolute Gasteiger partial charge is 0.290 e. The molecule has 0 atom stereocenters. The minimum Gasteiger partial charge on any atom is -0.459 e. The Kier molecular flexibility index (Phi) is 4.48. The van der Waals surface area contributed by atoms with Crippen LogP contribution >= 0.6 is 0 Å². The number of pyridine rings is 1. The molecule has 0 saturated heterocycles. The zero-order chi connectivity index (χ0) is 20.5. The lowest BCUT2D eigenvalue weighted by molar-refractivity contribution is 0.0698. The van der Waals surface area contributed by atoms with Crippen LogP contribution in [-0.4, -0.2) is 30.8 Å². The predicted octanol–water partition coefficient (Wildman–Crippen LogP) is 4.02. The number of tetrazole rings is 1. The van der Waals surface area contributed by atoms with Crippen LogP contribution in [0.1, 0.15) is 27.2 Å². The van der Waals surface area contributed by atoms with Gasteiger partial charge in [0, 0.05) is 17.5 Å². The largest absolute Gasteiger partial charge is 0.459 e. The number of benzene rings is 2. The molecule has 7 nitrogen and oxygen atoms in total. The molecule has 2 aromatic carbocycles. The Labute approximate surface area is 172 Å². The zero-order valence-corrected chi connectivity index (χ0v) is 16.4. The van der Waals surface area contributed by atoms with E-state index < -0.39 is 0 Å². The third kappa shape index (κ3) is 3.20. The van der Waals surface area contributed by atoms with Gasteiger partial charge in [-0.25, -0.2) is 0 Å². The molecule has 5 rings (SSSR count). The zero-order valence-electron chi connectivity index (χ0n) is 16.4. The summed E-state index contributed by atoms with van der Waals surface area (Å²) in [5.41, 5.74) is 4.60. The first kappa shape index (κ1) is 18.1. The fraction of sp³-hybridized carbons (Fsp3) is 0.130. The van der Waals surface area contributed by atoms with Gasteiger partial charge < -0.3 is 9.32 Å². The van der Waals surface area contributed by atoms with Crippen LogP contribution < -0.4 is 0 Å². The summed E-state index contributed by atoms with van der Waals surface area (Å²) >= 11 is 0. The summed E-state index contributed by atoms with van der Waals surface area (Å²) in [4.78, 5) is 14.9. The maximum Gasteiger partial charge on any atom is 0.290 e. The van der Waals surface area contributed by atoms with Crippen molar-refractivity contribution in [3.05, 3.63) is 95.4 Å². The van der Waals surface area contributed by atoms with Gasteiger partial charge in [0.15, 0.2) is 11.4 Å². The molecule has 0 fully saturated rings. The van der Waals surface area contributed by atoms with Crippen molar-refractivity contribution in [1.82, 2.24) is 24.9 Å². The van der Waals surface area contributed by atoms with E-state index >= 15 is 0 Å². The highest BCUT2D eigenvalue weighted by Gasteiger charge is 2.21. The summed E-state index contributed by atoms with van der Waals surface area (Å²) in [6.07, 6.45) is 1.51. The molecule has 5 aromatic rings. The minimum absolute atomic E-state index is 0.182. The van der Waals surface area contributed by atoms with Crippen LogP contribution in [0.4, 0.5) is 0 Å². The monoisotopic (exact) mass is 397 g/mol. The first-order valence-electron chi connectivity index (χ1n) is 9.67. The molecule has 7 heteroatoms. The van der Waals surface area contributed by atoms with Crippen molar-refractivity contribution < 1.29 is 9.21 Å². The number of para-hydroxylation sites is 1. The molecule has 148 valence electrons. The number of hydrogen-bond acceptors (Lipinski definition) is 5. The second-order valence-corrected chi connectivity index (χ2v) is 7.22. The third-order valence-corrected chi connectivity index (χ3v) is 5.16. The van der Waals surface area contributed by atoms with Crippen LogP contribution in [0.2, 0.25) is 0 Å². The molecule has 0 bridgehead atoms. The first-order chi connectivity index (χ1) is 14.7. The lowest BCUT2D eigenvalue weighted by Crippen LogP contribution is -2.30. The Bertz CT molecular complexity index is 1330. The van der Waals surface area contributed by atoms with Gasteiger partial charge in [-0.2, -0.15) is 4.52 Å². The van der Waals surface area contributed by atoms with E-state index in [2.05, 4.69) is 21.6 Å². The Morgan fingerprint density at radius 2 is 1.90 bits per heavy atom. The van der Waals surface area contributed by atoms with Gasteiger partial charge in [0.25, 0.3) is 5.91 Å². The fourth-order valence-corrected chi connectivity index (χ4v) is 3.76. The van der Waals surface area contributed by atoms with E-state index in [-0.39, 0.29) is 5.91 Å². The van der Waals surface area contributed by atoms with Crippen molar-refractivity contribution in [1.29, 1.82) is 0 Å². The maximum absolute atomic E-state index is 13.2. The Hall–Kier alpha value is -4.00. The molecule has 0 saturated carbocycles. The number of carbonyl (C=O) groups is 1. The molecule has 0 spiro atoms. The Balaban J connectivity index is 1.59. The number of aromatic nitrogens is 4. The van der Waals surface area contributed by atoms with Crippen molar-refractivity contribution in [3.63, 3.8) is 0 Å². The van der Waals surface area contributed by atoms with Crippen LogP contribution in [0.5, 0.6) is 0 Å². The Morgan fingerprint density at radius 3 is 2.70 bits per heavy atom. The summed E-state index contributed by atoms with van der Waals surface area (Å²) in [7, 11) is 0. The van der Waals surface area contributed by atoms with Gasteiger partial charge in [0.2, 0.25) is 0 Å². The lowest BCUT2D eigenvalue weighted by Gasteiger charge is -2.22. The first-order valence-corrected chi connectivity index (χ1v) is 9.67. The molecule has 1 amide bonds. The quantitative estimate of drug-likeness (QED) is 0.448. The number of fused-ring (bicyclic) bond motifs is 3. The second kappa shape index (κ2) is 7.44. The molecule has 0 radical (unpaired) electrons. The number of aryl methyl sites for hydroxylation is 1. The van der Waals surface area contributed by atoms with Gasteiger partial charge in [0.1, 0.15) is 0 Å². The van der Waals surface area contributed by atoms with Gasteiger partial charge >= 0.3 is 0 Å². The molecule has 0 aliphatic heterocycles. The van der Waals surface area contributed by atoms with Crippen molar-refractivity contribution in [2.24, 2.45) is 0 Å². The van der Waals surface area contributed by atoms with Crippen LogP contribution in [0, 0.1) is 6.92 Å². The van der Waals surface area contributed by atoms with Gasteiger partial charge in [-0.3, -0.25) is 4.79 Å². The summed E-state index contributed by atoms with van der Waals surface area (Å²) in [6, 6.07) is 21.4.